The summed E-state index contributed by atoms with van der Waals surface area (Å²) in [4.78, 5) is 41.4. The van der Waals surface area contributed by atoms with E-state index in [4.69, 9.17) is 0 Å². The van der Waals surface area contributed by atoms with Crippen LogP contribution in [0.4, 0.5) is 0 Å². The largest absolute Gasteiger partial charge is 0.342 e. The van der Waals surface area contributed by atoms with Gasteiger partial charge in [0.15, 0.2) is 11.6 Å². The molecule has 0 atom stereocenters. The molecule has 0 fully saturated rings. The van der Waals surface area contributed by atoms with Gasteiger partial charge in [0.2, 0.25) is 11.6 Å². The van der Waals surface area contributed by atoms with Gasteiger partial charge in [0.1, 0.15) is 11.4 Å². The maximum atomic E-state index is 12.1. The van der Waals surface area contributed by atoms with Crippen molar-refractivity contribution in [2.24, 2.45) is 0 Å². The molecular formula is C13H9N5O2. The first-order valence-corrected chi connectivity index (χ1v) is 5.81. The van der Waals surface area contributed by atoms with Gasteiger partial charge < -0.3 is 9.97 Å². The number of hydrogen-bond acceptors (Lipinski definition) is 5. The Balaban J connectivity index is 1.94. The molecule has 0 aliphatic rings. The van der Waals surface area contributed by atoms with Crippen LogP contribution in [0.1, 0.15) is 32.6 Å². The molecule has 0 aromatic carbocycles. The van der Waals surface area contributed by atoms with E-state index in [1.54, 1.807) is 18.5 Å². The van der Waals surface area contributed by atoms with E-state index in [1.807, 2.05) is 0 Å². The van der Waals surface area contributed by atoms with Crippen molar-refractivity contribution < 1.29 is 9.59 Å². The molecule has 7 nitrogen and oxygen atoms in total. The van der Waals surface area contributed by atoms with Crippen LogP contribution in [0.2, 0.25) is 0 Å². The molecule has 0 saturated heterocycles. The van der Waals surface area contributed by atoms with Gasteiger partial charge in [0.05, 0.1) is 0 Å². The molecule has 98 valence electrons. The van der Waals surface area contributed by atoms with Gasteiger partial charge in [-0.3, -0.25) is 9.59 Å². The van der Waals surface area contributed by atoms with Crippen LogP contribution in [0.25, 0.3) is 0 Å². The maximum Gasteiger partial charge on any atom is 0.246 e. The molecule has 0 unspecified atom stereocenters. The second-order valence-corrected chi connectivity index (χ2v) is 3.94. The zero-order valence-electron chi connectivity index (χ0n) is 10.2. The molecule has 0 amide bonds. The first-order valence-electron chi connectivity index (χ1n) is 5.81. The monoisotopic (exact) mass is 267 g/mol. The minimum absolute atomic E-state index is 0.150. The fourth-order valence-electron chi connectivity index (χ4n) is 1.71. The molecule has 7 heteroatoms. The number of aromatic amines is 2. The highest BCUT2D eigenvalue weighted by Crippen LogP contribution is 2.07. The number of nitrogens with one attached hydrogen (secondary N) is 2. The fourth-order valence-corrected chi connectivity index (χ4v) is 1.71. The molecule has 0 aliphatic heterocycles. The molecule has 3 aromatic heterocycles. The maximum absolute atomic E-state index is 12.1. The summed E-state index contributed by atoms with van der Waals surface area (Å²) in [7, 11) is 0. The van der Waals surface area contributed by atoms with Gasteiger partial charge in [-0.1, -0.05) is 6.07 Å². The van der Waals surface area contributed by atoms with Gasteiger partial charge in [-0.15, -0.1) is 0 Å². The molecule has 20 heavy (non-hydrogen) atoms. The van der Waals surface area contributed by atoms with Gasteiger partial charge in [0, 0.05) is 24.8 Å². The van der Waals surface area contributed by atoms with Gasteiger partial charge in [-0.05, 0) is 12.1 Å². The molecule has 0 aliphatic carbocycles. The van der Waals surface area contributed by atoms with E-state index < -0.39 is 0 Å². The fraction of sp³-hybridized carbons (Fsp3) is 0. The van der Waals surface area contributed by atoms with Crippen LogP contribution in [0.3, 0.4) is 0 Å². The normalized spacial score (nSPS) is 10.4. The number of nitrogens with zero attached hydrogens (tertiary/aromatic N) is 3. The van der Waals surface area contributed by atoms with Gasteiger partial charge >= 0.3 is 0 Å². The Morgan fingerprint density at radius 2 is 1.35 bits per heavy atom. The number of aromatic nitrogens is 5. The van der Waals surface area contributed by atoms with Crippen molar-refractivity contribution in [3.8, 4) is 0 Å². The third-order valence-electron chi connectivity index (χ3n) is 2.64. The molecule has 0 bridgehead atoms. The Labute approximate surface area is 113 Å². The molecule has 2 N–H and O–H groups in total. The van der Waals surface area contributed by atoms with E-state index in [1.165, 1.54) is 24.5 Å². The van der Waals surface area contributed by atoms with E-state index in [0.29, 0.717) is 0 Å². The lowest BCUT2D eigenvalue weighted by Gasteiger charge is -2.00. The Morgan fingerprint density at radius 1 is 0.850 bits per heavy atom. The number of hydrogen-bond donors (Lipinski definition) is 2. The SMILES string of the molecule is O=C(c1cccc(C(=O)c2ncc[nH]2)n1)c1ncc[nH]1. The summed E-state index contributed by atoms with van der Waals surface area (Å²) in [6.45, 7) is 0. The van der Waals surface area contributed by atoms with E-state index in [-0.39, 0.29) is 34.6 Å². The number of rotatable bonds is 4. The van der Waals surface area contributed by atoms with E-state index in [2.05, 4.69) is 24.9 Å². The molecule has 3 aromatic rings. The topological polar surface area (TPSA) is 104 Å². The molecule has 3 rings (SSSR count). The number of carbonyl (C=O) groups is 2. The number of carbonyl (C=O) groups excluding carboxylic acids is 2. The lowest BCUT2D eigenvalue weighted by molar-refractivity contribution is 0.102. The molecule has 3 heterocycles. The highest BCUT2D eigenvalue weighted by Gasteiger charge is 2.17. The Bertz CT molecular complexity index is 685. The number of ketones is 2. The standard InChI is InChI=1S/C13H9N5O2/c19-10(12-14-4-5-15-12)8-2-1-3-9(18-8)11(20)13-16-6-7-17-13/h1-7H,(H,14,15)(H,16,17). The highest BCUT2D eigenvalue weighted by atomic mass is 16.1. The predicted molar refractivity (Wildman–Crippen MR) is 68.3 cm³/mol. The van der Waals surface area contributed by atoms with Gasteiger partial charge in [-0.25, -0.2) is 15.0 Å². The van der Waals surface area contributed by atoms with Crippen LogP contribution >= 0.6 is 0 Å². The number of pyridine rings is 1. The first-order chi connectivity index (χ1) is 9.75. The summed E-state index contributed by atoms with van der Waals surface area (Å²) < 4.78 is 0. The molecule has 0 saturated carbocycles. The van der Waals surface area contributed by atoms with E-state index in [9.17, 15) is 9.59 Å². The summed E-state index contributed by atoms with van der Waals surface area (Å²) in [6.07, 6.45) is 6.05. The van der Waals surface area contributed by atoms with Crippen molar-refractivity contribution in [2.45, 2.75) is 0 Å². The van der Waals surface area contributed by atoms with E-state index in [0.717, 1.165) is 0 Å². The molecule has 0 radical (unpaired) electrons. The van der Waals surface area contributed by atoms with Crippen LogP contribution in [-0.4, -0.2) is 36.5 Å². The second kappa shape index (κ2) is 4.88. The Hall–Kier alpha value is -3.09. The third-order valence-corrected chi connectivity index (χ3v) is 2.64. The van der Waals surface area contributed by atoms with Crippen LogP contribution in [0.15, 0.2) is 43.0 Å². The van der Waals surface area contributed by atoms with Crippen molar-refractivity contribution in [1.82, 2.24) is 24.9 Å². The smallest absolute Gasteiger partial charge is 0.246 e. The van der Waals surface area contributed by atoms with Crippen molar-refractivity contribution in [3.63, 3.8) is 0 Å². The summed E-state index contributed by atoms with van der Waals surface area (Å²) in [5.41, 5.74) is 0.301. The highest BCUT2D eigenvalue weighted by molar-refractivity contribution is 6.08. The lowest BCUT2D eigenvalue weighted by atomic mass is 10.2. The zero-order chi connectivity index (χ0) is 13.9. The first kappa shape index (κ1) is 12.0. The molecule has 0 spiro atoms. The van der Waals surface area contributed by atoms with Crippen molar-refractivity contribution in [1.29, 1.82) is 0 Å². The summed E-state index contributed by atoms with van der Waals surface area (Å²) in [6, 6.07) is 4.66. The lowest BCUT2D eigenvalue weighted by Crippen LogP contribution is -2.11. The number of H-pyrrole nitrogens is 2. The van der Waals surface area contributed by atoms with Crippen molar-refractivity contribution >= 4 is 11.6 Å². The Morgan fingerprint density at radius 3 is 1.75 bits per heavy atom. The zero-order valence-corrected chi connectivity index (χ0v) is 10.2. The summed E-state index contributed by atoms with van der Waals surface area (Å²) >= 11 is 0. The van der Waals surface area contributed by atoms with Gasteiger partial charge in [-0.2, -0.15) is 0 Å². The summed E-state index contributed by atoms with van der Waals surface area (Å²) in [5, 5.41) is 0. The minimum Gasteiger partial charge on any atom is -0.342 e. The predicted octanol–water partition coefficient (Wildman–Crippen LogP) is 0.990. The van der Waals surface area contributed by atoms with Crippen LogP contribution in [0.5, 0.6) is 0 Å². The van der Waals surface area contributed by atoms with Crippen LogP contribution < -0.4 is 0 Å². The minimum atomic E-state index is -0.371. The third kappa shape index (κ3) is 2.12. The van der Waals surface area contributed by atoms with Crippen molar-refractivity contribution in [2.75, 3.05) is 0 Å². The summed E-state index contributed by atoms with van der Waals surface area (Å²) in [5.74, 6) is -0.381. The molecular weight excluding hydrogens is 258 g/mol. The van der Waals surface area contributed by atoms with Crippen molar-refractivity contribution in [3.05, 3.63) is 66.0 Å². The van der Waals surface area contributed by atoms with Gasteiger partial charge in [0.25, 0.3) is 0 Å². The average molecular weight is 267 g/mol. The van der Waals surface area contributed by atoms with E-state index >= 15 is 0 Å². The number of imidazole rings is 2. The van der Waals surface area contributed by atoms with Crippen LogP contribution in [0, 0.1) is 0 Å². The Kier molecular flexibility index (Phi) is 2.92. The van der Waals surface area contributed by atoms with Crippen LogP contribution in [-0.2, 0) is 0 Å². The second-order valence-electron chi connectivity index (χ2n) is 3.94. The average Bonchev–Trinajstić information content (AvgIpc) is 3.18. The quantitative estimate of drug-likeness (QED) is 0.686.